The zero-order chi connectivity index (χ0) is 17.2. The van der Waals surface area contributed by atoms with Crippen molar-refractivity contribution in [2.24, 2.45) is 0 Å². The molecule has 1 aromatic heterocycles. The second-order valence-corrected chi connectivity index (χ2v) is 7.69. The predicted octanol–water partition coefficient (Wildman–Crippen LogP) is 2.97. The van der Waals surface area contributed by atoms with E-state index in [-0.39, 0.29) is 5.91 Å². The molecule has 0 N–H and O–H groups in total. The fourth-order valence-electron chi connectivity index (χ4n) is 3.38. The number of hydrogen-bond acceptors (Lipinski definition) is 6. The van der Waals surface area contributed by atoms with Crippen LogP contribution in [-0.4, -0.2) is 46.1 Å². The first-order valence-corrected chi connectivity index (χ1v) is 9.63. The van der Waals surface area contributed by atoms with Crippen molar-refractivity contribution in [1.29, 1.82) is 0 Å². The van der Waals surface area contributed by atoms with Gasteiger partial charge in [-0.15, -0.1) is 5.10 Å². The molecule has 2 aromatic rings. The molecule has 0 radical (unpaired) electrons. The normalized spacial score (nSPS) is 20.1. The van der Waals surface area contributed by atoms with Crippen LogP contribution in [0, 0.1) is 0 Å². The number of fused-ring (bicyclic) bond motifs is 1. The van der Waals surface area contributed by atoms with Gasteiger partial charge in [-0.3, -0.25) is 4.79 Å². The number of para-hydroxylation sites is 2. The number of aromatic nitrogens is 2. The Kier molecular flexibility index (Phi) is 4.76. The number of piperidine rings is 1. The minimum atomic E-state index is -0.502. The lowest BCUT2D eigenvalue weighted by atomic mass is 10.1. The first-order valence-electron chi connectivity index (χ1n) is 8.48. The fourth-order valence-corrected chi connectivity index (χ4v) is 3.99. The summed E-state index contributed by atoms with van der Waals surface area (Å²) in [5.41, 5.74) is 1.68. The Bertz CT molecular complexity index is 763. The van der Waals surface area contributed by atoms with Crippen molar-refractivity contribution in [3.63, 3.8) is 0 Å². The van der Waals surface area contributed by atoms with E-state index < -0.39 is 6.10 Å². The Balaban J connectivity index is 1.57. The maximum Gasteiger partial charge on any atom is 0.265 e. The van der Waals surface area contributed by atoms with Crippen LogP contribution in [0.5, 0.6) is 5.75 Å². The summed E-state index contributed by atoms with van der Waals surface area (Å²) in [4.78, 5) is 16.9. The third-order valence-electron chi connectivity index (χ3n) is 4.65. The van der Waals surface area contributed by atoms with Crippen molar-refractivity contribution in [2.45, 2.75) is 31.9 Å². The smallest absolute Gasteiger partial charge is 0.265 e. The highest BCUT2D eigenvalue weighted by molar-refractivity contribution is 7.10. The zero-order valence-electron chi connectivity index (χ0n) is 13.7. The molecule has 3 heterocycles. The van der Waals surface area contributed by atoms with Crippen LogP contribution < -0.4 is 9.64 Å². The average molecular weight is 379 g/mol. The Hall–Kier alpha value is -1.86. The highest BCUT2D eigenvalue weighted by Gasteiger charge is 2.34. The van der Waals surface area contributed by atoms with Crippen molar-refractivity contribution in [2.75, 3.05) is 24.5 Å². The summed E-state index contributed by atoms with van der Waals surface area (Å²) >= 11 is 7.34. The quantitative estimate of drug-likeness (QED) is 0.821. The van der Waals surface area contributed by atoms with Gasteiger partial charge in [0.15, 0.2) is 6.10 Å². The number of nitrogens with zero attached hydrogens (tertiary/aromatic N) is 4. The van der Waals surface area contributed by atoms with E-state index in [9.17, 15) is 4.79 Å². The molecule has 8 heteroatoms. The molecule has 4 rings (SSSR count). The highest BCUT2D eigenvalue weighted by atomic mass is 35.5. The molecule has 6 nitrogen and oxygen atoms in total. The van der Waals surface area contributed by atoms with Crippen molar-refractivity contribution >= 4 is 34.7 Å². The molecule has 1 fully saturated rings. The third kappa shape index (κ3) is 3.43. The number of hydrogen-bond donors (Lipinski definition) is 0. The summed E-state index contributed by atoms with van der Waals surface area (Å²) in [7, 11) is 0. The number of benzene rings is 1. The number of ether oxygens (including phenoxy) is 1. The van der Waals surface area contributed by atoms with E-state index in [4.69, 9.17) is 16.3 Å². The topological polar surface area (TPSA) is 58.6 Å². The van der Waals surface area contributed by atoms with Gasteiger partial charge in [-0.05, 0) is 31.4 Å². The Morgan fingerprint density at radius 1 is 1.28 bits per heavy atom. The Labute approximate surface area is 155 Å². The number of anilines is 1. The summed E-state index contributed by atoms with van der Waals surface area (Å²) in [5, 5.41) is 4.10. The van der Waals surface area contributed by atoms with Crippen molar-refractivity contribution < 1.29 is 9.53 Å². The minimum absolute atomic E-state index is 0.0710. The number of amides is 1. The molecule has 0 aliphatic carbocycles. The zero-order valence-corrected chi connectivity index (χ0v) is 15.3. The van der Waals surface area contributed by atoms with E-state index >= 15 is 0 Å². The molecule has 1 unspecified atom stereocenters. The maximum absolute atomic E-state index is 12.9. The SMILES string of the molecule is O=C(C1CN(Cc2nnsc2Cl)c2ccccc2O1)N1CCCCC1. The van der Waals surface area contributed by atoms with E-state index in [1.807, 2.05) is 29.2 Å². The number of likely N-dealkylation sites (tertiary alicyclic amines) is 1. The monoisotopic (exact) mass is 378 g/mol. The van der Waals surface area contributed by atoms with Crippen LogP contribution in [0.3, 0.4) is 0 Å². The third-order valence-corrected chi connectivity index (χ3v) is 5.64. The lowest BCUT2D eigenvalue weighted by molar-refractivity contribution is -0.139. The van der Waals surface area contributed by atoms with Gasteiger partial charge in [0.25, 0.3) is 5.91 Å². The molecule has 2 aliphatic rings. The van der Waals surface area contributed by atoms with Gasteiger partial charge in [0, 0.05) is 24.6 Å². The largest absolute Gasteiger partial charge is 0.477 e. The molecule has 1 aromatic carbocycles. The van der Waals surface area contributed by atoms with Gasteiger partial charge in [0.2, 0.25) is 0 Å². The molecular formula is C17H19ClN4O2S. The van der Waals surface area contributed by atoms with Gasteiger partial charge >= 0.3 is 0 Å². The minimum Gasteiger partial charge on any atom is -0.477 e. The summed E-state index contributed by atoms with van der Waals surface area (Å²) in [6.07, 6.45) is 2.83. The number of carbonyl (C=O) groups is 1. The van der Waals surface area contributed by atoms with Crippen LogP contribution in [0.25, 0.3) is 0 Å². The molecular weight excluding hydrogens is 360 g/mol. The first kappa shape index (κ1) is 16.6. The summed E-state index contributed by atoms with van der Waals surface area (Å²) in [6.45, 7) is 2.64. The fraction of sp³-hybridized carbons (Fsp3) is 0.471. The van der Waals surface area contributed by atoms with Crippen LogP contribution >= 0.6 is 23.1 Å². The van der Waals surface area contributed by atoms with E-state index in [1.54, 1.807) is 0 Å². The molecule has 2 aliphatic heterocycles. The van der Waals surface area contributed by atoms with E-state index in [0.717, 1.165) is 43.1 Å². The lowest BCUT2D eigenvalue weighted by Crippen LogP contribution is -2.51. The Morgan fingerprint density at radius 3 is 2.84 bits per heavy atom. The second kappa shape index (κ2) is 7.17. The van der Waals surface area contributed by atoms with Gasteiger partial charge in [-0.2, -0.15) is 0 Å². The standard InChI is InChI=1S/C17H19ClN4O2S/c18-16-12(19-20-25-16)10-22-11-15(17(23)21-8-4-1-5-9-21)24-14-7-3-2-6-13(14)22/h2-3,6-7,15H,1,4-5,8-11H2. The summed E-state index contributed by atoms with van der Waals surface area (Å²) in [5.74, 6) is 0.796. The van der Waals surface area contributed by atoms with Crippen molar-refractivity contribution in [3.05, 3.63) is 34.3 Å². The van der Waals surface area contributed by atoms with Gasteiger partial charge in [-0.1, -0.05) is 28.2 Å². The van der Waals surface area contributed by atoms with Gasteiger partial charge in [0.1, 0.15) is 15.8 Å². The van der Waals surface area contributed by atoms with E-state index in [1.165, 1.54) is 18.0 Å². The molecule has 0 spiro atoms. The number of halogens is 1. The van der Waals surface area contributed by atoms with Crippen molar-refractivity contribution in [3.8, 4) is 5.75 Å². The molecule has 1 atom stereocenters. The number of rotatable bonds is 3. The first-order chi connectivity index (χ1) is 12.2. The van der Waals surface area contributed by atoms with Gasteiger partial charge in [-0.25, -0.2) is 0 Å². The predicted molar refractivity (Wildman–Crippen MR) is 97.3 cm³/mol. The van der Waals surface area contributed by atoms with Crippen LogP contribution in [0.1, 0.15) is 25.0 Å². The Morgan fingerprint density at radius 2 is 2.08 bits per heavy atom. The van der Waals surface area contributed by atoms with Crippen LogP contribution in [0.15, 0.2) is 24.3 Å². The molecule has 0 bridgehead atoms. The molecule has 1 amide bonds. The molecule has 1 saturated heterocycles. The van der Waals surface area contributed by atoms with E-state index in [0.29, 0.717) is 17.4 Å². The summed E-state index contributed by atoms with van der Waals surface area (Å²) in [6, 6.07) is 7.77. The lowest BCUT2D eigenvalue weighted by Gasteiger charge is -2.38. The van der Waals surface area contributed by atoms with Crippen LogP contribution in [-0.2, 0) is 11.3 Å². The molecule has 25 heavy (non-hydrogen) atoms. The average Bonchev–Trinajstić information content (AvgIpc) is 3.06. The highest BCUT2D eigenvalue weighted by Crippen LogP contribution is 2.35. The van der Waals surface area contributed by atoms with Crippen molar-refractivity contribution in [1.82, 2.24) is 14.5 Å². The summed E-state index contributed by atoms with van der Waals surface area (Å²) < 4.78 is 10.5. The molecule has 0 saturated carbocycles. The van der Waals surface area contributed by atoms with Crippen LogP contribution in [0.4, 0.5) is 5.69 Å². The second-order valence-electron chi connectivity index (χ2n) is 6.33. The van der Waals surface area contributed by atoms with E-state index in [2.05, 4.69) is 14.5 Å². The number of carbonyl (C=O) groups excluding carboxylic acids is 1. The maximum atomic E-state index is 12.9. The van der Waals surface area contributed by atoms with Crippen LogP contribution in [0.2, 0.25) is 4.34 Å². The molecule has 132 valence electrons. The van der Waals surface area contributed by atoms with Gasteiger partial charge in [0.05, 0.1) is 18.8 Å². The van der Waals surface area contributed by atoms with Gasteiger partial charge < -0.3 is 14.5 Å².